The quantitative estimate of drug-likeness (QED) is 0.761. The number of nitrogens with zero attached hydrogens (tertiary/aromatic N) is 4. The van der Waals surface area contributed by atoms with Crippen LogP contribution in [0, 0.1) is 0 Å². The first-order valence-electron chi connectivity index (χ1n) is 6.34. The summed E-state index contributed by atoms with van der Waals surface area (Å²) < 4.78 is 5.34. The fraction of sp³-hybridized carbons (Fsp3) is 0.667. The van der Waals surface area contributed by atoms with Crippen LogP contribution in [0.1, 0.15) is 12.8 Å². The number of aromatic nitrogens is 2. The summed E-state index contributed by atoms with van der Waals surface area (Å²) >= 11 is 0. The highest BCUT2D eigenvalue weighted by Crippen LogP contribution is 2.19. The Morgan fingerprint density at radius 3 is 2.53 bits per heavy atom. The van der Waals surface area contributed by atoms with Crippen molar-refractivity contribution in [3.8, 4) is 0 Å². The Morgan fingerprint density at radius 1 is 1.00 bits per heavy atom. The molecule has 2 fully saturated rings. The van der Waals surface area contributed by atoms with Gasteiger partial charge in [-0.3, -0.25) is 0 Å². The van der Waals surface area contributed by atoms with Gasteiger partial charge in [-0.15, -0.1) is 0 Å². The van der Waals surface area contributed by atoms with Crippen LogP contribution in [0.25, 0.3) is 0 Å². The molecule has 1 aromatic heterocycles. The van der Waals surface area contributed by atoms with Crippen molar-refractivity contribution in [1.82, 2.24) is 9.97 Å². The summed E-state index contributed by atoms with van der Waals surface area (Å²) in [5.74, 6) is 1.91. The van der Waals surface area contributed by atoms with Crippen LogP contribution in [-0.2, 0) is 4.74 Å². The van der Waals surface area contributed by atoms with Crippen LogP contribution < -0.4 is 9.80 Å². The molecule has 2 aliphatic heterocycles. The van der Waals surface area contributed by atoms with E-state index in [2.05, 4.69) is 19.8 Å². The maximum absolute atomic E-state index is 5.34. The van der Waals surface area contributed by atoms with Crippen LogP contribution in [-0.4, -0.2) is 49.4 Å². The second kappa shape index (κ2) is 4.87. The van der Waals surface area contributed by atoms with E-state index in [4.69, 9.17) is 4.74 Å². The van der Waals surface area contributed by atoms with E-state index < -0.39 is 0 Å². The van der Waals surface area contributed by atoms with Crippen molar-refractivity contribution in [3.05, 3.63) is 12.3 Å². The minimum Gasteiger partial charge on any atom is -0.378 e. The number of morpholine rings is 1. The van der Waals surface area contributed by atoms with Gasteiger partial charge in [-0.1, -0.05) is 0 Å². The van der Waals surface area contributed by atoms with Gasteiger partial charge < -0.3 is 14.5 Å². The molecule has 2 saturated heterocycles. The first kappa shape index (κ1) is 10.8. The van der Waals surface area contributed by atoms with Crippen LogP contribution in [0.15, 0.2) is 12.3 Å². The normalized spacial score (nSPS) is 20.9. The molecule has 2 aliphatic rings. The third-order valence-corrected chi connectivity index (χ3v) is 3.35. The maximum Gasteiger partial charge on any atom is 0.227 e. The predicted molar refractivity (Wildman–Crippen MR) is 66.5 cm³/mol. The summed E-state index contributed by atoms with van der Waals surface area (Å²) in [5.41, 5.74) is 0. The van der Waals surface area contributed by atoms with Gasteiger partial charge >= 0.3 is 0 Å². The molecule has 1 aromatic rings. The summed E-state index contributed by atoms with van der Waals surface area (Å²) in [6.45, 7) is 5.58. The number of hydrogen-bond acceptors (Lipinski definition) is 5. The Labute approximate surface area is 101 Å². The van der Waals surface area contributed by atoms with E-state index in [0.717, 1.165) is 51.2 Å². The lowest BCUT2D eigenvalue weighted by molar-refractivity contribution is 0.122. The third kappa shape index (κ3) is 2.34. The molecular formula is C12H18N4O. The summed E-state index contributed by atoms with van der Waals surface area (Å²) in [5, 5.41) is 0. The molecule has 0 atom stereocenters. The van der Waals surface area contributed by atoms with Gasteiger partial charge in [0.1, 0.15) is 5.82 Å². The van der Waals surface area contributed by atoms with Crippen molar-refractivity contribution in [2.75, 3.05) is 49.2 Å². The summed E-state index contributed by atoms with van der Waals surface area (Å²) in [6, 6.07) is 2.01. The molecule has 0 spiro atoms. The molecule has 5 nitrogen and oxygen atoms in total. The average Bonchev–Trinajstić information content (AvgIpc) is 2.94. The first-order chi connectivity index (χ1) is 8.43. The number of hydrogen-bond donors (Lipinski definition) is 0. The second-order valence-electron chi connectivity index (χ2n) is 4.51. The van der Waals surface area contributed by atoms with Crippen molar-refractivity contribution in [2.45, 2.75) is 12.8 Å². The lowest BCUT2D eigenvalue weighted by Crippen LogP contribution is -2.37. The topological polar surface area (TPSA) is 41.5 Å². The van der Waals surface area contributed by atoms with E-state index in [1.807, 2.05) is 12.3 Å². The zero-order chi connectivity index (χ0) is 11.5. The van der Waals surface area contributed by atoms with E-state index in [1.165, 1.54) is 12.8 Å². The van der Waals surface area contributed by atoms with Crippen molar-refractivity contribution in [2.24, 2.45) is 0 Å². The van der Waals surface area contributed by atoms with E-state index in [9.17, 15) is 0 Å². The lowest BCUT2D eigenvalue weighted by atomic mass is 10.4. The molecule has 3 heterocycles. The lowest BCUT2D eigenvalue weighted by Gasteiger charge is -2.27. The van der Waals surface area contributed by atoms with Gasteiger partial charge in [0.25, 0.3) is 0 Å². The zero-order valence-electron chi connectivity index (χ0n) is 10.0. The smallest absolute Gasteiger partial charge is 0.227 e. The molecular weight excluding hydrogens is 216 g/mol. The van der Waals surface area contributed by atoms with E-state index >= 15 is 0 Å². The zero-order valence-corrected chi connectivity index (χ0v) is 10.0. The Hall–Kier alpha value is -1.36. The van der Waals surface area contributed by atoms with E-state index in [0.29, 0.717) is 0 Å². The largest absolute Gasteiger partial charge is 0.378 e. The molecule has 0 N–H and O–H groups in total. The highest BCUT2D eigenvalue weighted by atomic mass is 16.5. The number of ether oxygens (including phenoxy) is 1. The Kier molecular flexibility index (Phi) is 3.09. The molecule has 3 rings (SSSR count). The maximum atomic E-state index is 5.34. The average molecular weight is 234 g/mol. The molecule has 0 amide bonds. The first-order valence-corrected chi connectivity index (χ1v) is 6.34. The van der Waals surface area contributed by atoms with Gasteiger partial charge in [0.2, 0.25) is 5.95 Å². The van der Waals surface area contributed by atoms with Crippen molar-refractivity contribution < 1.29 is 4.74 Å². The second-order valence-corrected chi connectivity index (χ2v) is 4.51. The molecule has 92 valence electrons. The molecule has 0 bridgehead atoms. The van der Waals surface area contributed by atoms with Gasteiger partial charge in [-0.05, 0) is 18.9 Å². The van der Waals surface area contributed by atoms with Crippen molar-refractivity contribution in [1.29, 1.82) is 0 Å². The summed E-state index contributed by atoms with van der Waals surface area (Å²) in [4.78, 5) is 13.6. The molecule has 0 aliphatic carbocycles. The fourth-order valence-electron chi connectivity index (χ4n) is 2.38. The molecule has 0 unspecified atom stereocenters. The highest BCUT2D eigenvalue weighted by molar-refractivity contribution is 5.44. The number of anilines is 2. The molecule has 5 heteroatoms. The summed E-state index contributed by atoms with van der Waals surface area (Å²) in [7, 11) is 0. The van der Waals surface area contributed by atoms with Crippen LogP contribution >= 0.6 is 0 Å². The van der Waals surface area contributed by atoms with Gasteiger partial charge in [-0.25, -0.2) is 4.98 Å². The molecule has 0 radical (unpaired) electrons. The minimum absolute atomic E-state index is 0.775. The van der Waals surface area contributed by atoms with Crippen molar-refractivity contribution in [3.63, 3.8) is 0 Å². The highest BCUT2D eigenvalue weighted by Gasteiger charge is 2.17. The van der Waals surface area contributed by atoms with E-state index in [1.54, 1.807) is 0 Å². The van der Waals surface area contributed by atoms with Gasteiger partial charge in [0.05, 0.1) is 13.2 Å². The van der Waals surface area contributed by atoms with Crippen LogP contribution in [0.2, 0.25) is 0 Å². The van der Waals surface area contributed by atoms with Gasteiger partial charge in [0, 0.05) is 32.4 Å². The standard InChI is InChI=1S/C12H18N4O/c1-2-6-15(5-1)11-3-4-13-12(14-11)16-7-9-17-10-8-16/h3-4H,1-2,5-10H2. The number of rotatable bonds is 2. The minimum atomic E-state index is 0.775. The summed E-state index contributed by atoms with van der Waals surface area (Å²) in [6.07, 6.45) is 4.42. The molecule has 0 saturated carbocycles. The Balaban J connectivity index is 1.77. The van der Waals surface area contributed by atoms with Gasteiger partial charge in [0.15, 0.2) is 0 Å². The molecule has 17 heavy (non-hydrogen) atoms. The predicted octanol–water partition coefficient (Wildman–Crippen LogP) is 0.913. The Morgan fingerprint density at radius 2 is 1.76 bits per heavy atom. The SMILES string of the molecule is c1cc(N2CCCC2)nc(N2CCOCC2)n1. The third-order valence-electron chi connectivity index (χ3n) is 3.35. The van der Waals surface area contributed by atoms with Crippen LogP contribution in [0.4, 0.5) is 11.8 Å². The van der Waals surface area contributed by atoms with Gasteiger partial charge in [-0.2, -0.15) is 4.98 Å². The Bertz CT molecular complexity index is 373. The monoisotopic (exact) mass is 234 g/mol. The van der Waals surface area contributed by atoms with E-state index in [-0.39, 0.29) is 0 Å². The van der Waals surface area contributed by atoms with Crippen LogP contribution in [0.5, 0.6) is 0 Å². The molecule has 0 aromatic carbocycles. The van der Waals surface area contributed by atoms with Crippen LogP contribution in [0.3, 0.4) is 0 Å². The van der Waals surface area contributed by atoms with Crippen molar-refractivity contribution >= 4 is 11.8 Å². The fourth-order valence-corrected chi connectivity index (χ4v) is 2.38.